The van der Waals surface area contributed by atoms with Crippen molar-refractivity contribution in [1.29, 1.82) is 0 Å². The number of fused-ring (bicyclic) bond motifs is 1. The van der Waals surface area contributed by atoms with E-state index in [-0.39, 0.29) is 5.56 Å². The second kappa shape index (κ2) is 4.41. The second-order valence-electron chi connectivity index (χ2n) is 4.90. The Kier molecular flexibility index (Phi) is 2.74. The van der Waals surface area contributed by atoms with Gasteiger partial charge in [0.25, 0.3) is 5.56 Å². The van der Waals surface area contributed by atoms with Crippen molar-refractivity contribution in [2.24, 2.45) is 0 Å². The quantitative estimate of drug-likeness (QED) is 0.779. The molecule has 3 nitrogen and oxygen atoms in total. The molecule has 2 aromatic rings. The molecule has 0 amide bonds. The molecule has 3 heteroatoms. The number of aromatic nitrogens is 2. The molecule has 0 aliphatic heterocycles. The van der Waals surface area contributed by atoms with Gasteiger partial charge in [0, 0.05) is 5.92 Å². The summed E-state index contributed by atoms with van der Waals surface area (Å²) in [6.45, 7) is 2.00. The first-order valence-electron chi connectivity index (χ1n) is 6.40. The number of hydrogen-bond donors (Lipinski definition) is 1. The SMILES string of the molecule is Cc1cccc2c(=O)[nH]c(C3CC=CCC3)nc12. The molecule has 0 fully saturated rings. The van der Waals surface area contributed by atoms with Crippen LogP contribution >= 0.6 is 0 Å². The number of rotatable bonds is 1. The summed E-state index contributed by atoms with van der Waals surface area (Å²) in [5.74, 6) is 1.19. The Bertz CT molecular complexity index is 670. The maximum Gasteiger partial charge on any atom is 0.258 e. The summed E-state index contributed by atoms with van der Waals surface area (Å²) in [6.07, 6.45) is 7.48. The van der Waals surface area contributed by atoms with Gasteiger partial charge in [-0.1, -0.05) is 24.3 Å². The molecule has 0 bridgehead atoms. The van der Waals surface area contributed by atoms with Gasteiger partial charge in [-0.15, -0.1) is 0 Å². The van der Waals surface area contributed by atoms with E-state index in [0.29, 0.717) is 11.3 Å². The fraction of sp³-hybridized carbons (Fsp3) is 0.333. The van der Waals surface area contributed by atoms with Crippen LogP contribution < -0.4 is 5.56 Å². The monoisotopic (exact) mass is 240 g/mol. The normalized spacial score (nSPS) is 19.3. The van der Waals surface area contributed by atoms with Crippen LogP contribution in [-0.2, 0) is 0 Å². The lowest BCUT2D eigenvalue weighted by Gasteiger charge is -2.17. The predicted octanol–water partition coefficient (Wildman–Crippen LogP) is 3.06. The lowest BCUT2D eigenvalue weighted by Crippen LogP contribution is -2.16. The van der Waals surface area contributed by atoms with Gasteiger partial charge in [0.15, 0.2) is 0 Å². The Labute approximate surface area is 106 Å². The topological polar surface area (TPSA) is 45.8 Å². The Morgan fingerprint density at radius 2 is 2.22 bits per heavy atom. The summed E-state index contributed by atoms with van der Waals surface area (Å²) in [5, 5.41) is 0.685. The molecular weight excluding hydrogens is 224 g/mol. The largest absolute Gasteiger partial charge is 0.310 e. The van der Waals surface area contributed by atoms with E-state index in [4.69, 9.17) is 0 Å². The Hall–Kier alpha value is -1.90. The molecule has 1 aliphatic rings. The molecule has 0 radical (unpaired) electrons. The average molecular weight is 240 g/mol. The molecule has 1 aliphatic carbocycles. The molecule has 1 unspecified atom stereocenters. The van der Waals surface area contributed by atoms with Gasteiger partial charge >= 0.3 is 0 Å². The summed E-state index contributed by atoms with van der Waals surface area (Å²) < 4.78 is 0. The number of benzene rings is 1. The number of allylic oxidation sites excluding steroid dienone is 2. The molecule has 0 spiro atoms. The van der Waals surface area contributed by atoms with E-state index in [1.807, 2.05) is 25.1 Å². The lowest BCUT2D eigenvalue weighted by atomic mass is 9.93. The highest BCUT2D eigenvalue weighted by Crippen LogP contribution is 2.27. The average Bonchev–Trinajstić information content (AvgIpc) is 2.41. The van der Waals surface area contributed by atoms with Gasteiger partial charge in [-0.25, -0.2) is 4.98 Å². The van der Waals surface area contributed by atoms with Crippen molar-refractivity contribution < 1.29 is 0 Å². The summed E-state index contributed by atoms with van der Waals surface area (Å²) in [4.78, 5) is 19.7. The minimum Gasteiger partial charge on any atom is -0.310 e. The Balaban J connectivity index is 2.17. The number of nitrogens with zero attached hydrogens (tertiary/aromatic N) is 1. The van der Waals surface area contributed by atoms with E-state index in [1.165, 1.54) is 0 Å². The molecule has 1 atom stereocenters. The van der Waals surface area contributed by atoms with Gasteiger partial charge in [0.2, 0.25) is 0 Å². The zero-order valence-electron chi connectivity index (χ0n) is 10.4. The lowest BCUT2D eigenvalue weighted by molar-refractivity contribution is 0.583. The van der Waals surface area contributed by atoms with Crippen LogP contribution in [0.4, 0.5) is 0 Å². The minimum atomic E-state index is -0.0201. The predicted molar refractivity (Wildman–Crippen MR) is 72.8 cm³/mol. The zero-order chi connectivity index (χ0) is 12.5. The van der Waals surface area contributed by atoms with Crippen LogP contribution in [0, 0.1) is 6.92 Å². The second-order valence-corrected chi connectivity index (χ2v) is 4.90. The summed E-state index contributed by atoms with van der Waals surface area (Å²) in [7, 11) is 0. The molecule has 1 heterocycles. The number of H-pyrrole nitrogens is 1. The van der Waals surface area contributed by atoms with Gasteiger partial charge in [-0.3, -0.25) is 4.79 Å². The minimum absolute atomic E-state index is 0.0201. The van der Waals surface area contributed by atoms with E-state index < -0.39 is 0 Å². The van der Waals surface area contributed by atoms with Crippen molar-refractivity contribution in [3.63, 3.8) is 0 Å². The van der Waals surface area contributed by atoms with Crippen LogP contribution in [0.1, 0.15) is 36.6 Å². The van der Waals surface area contributed by atoms with Crippen molar-refractivity contribution >= 4 is 10.9 Å². The molecule has 0 saturated heterocycles. The van der Waals surface area contributed by atoms with Gasteiger partial charge in [0.05, 0.1) is 10.9 Å². The maximum absolute atomic E-state index is 12.1. The van der Waals surface area contributed by atoms with Crippen molar-refractivity contribution in [3.8, 4) is 0 Å². The number of para-hydroxylation sites is 1. The Morgan fingerprint density at radius 1 is 1.33 bits per heavy atom. The van der Waals surface area contributed by atoms with Crippen molar-refractivity contribution in [2.75, 3.05) is 0 Å². The molecule has 0 saturated carbocycles. The zero-order valence-corrected chi connectivity index (χ0v) is 10.4. The molecular formula is C15H16N2O. The number of aryl methyl sites for hydroxylation is 1. The van der Waals surface area contributed by atoms with Crippen LogP contribution in [0.15, 0.2) is 35.1 Å². The fourth-order valence-electron chi connectivity index (χ4n) is 2.56. The highest BCUT2D eigenvalue weighted by Gasteiger charge is 2.16. The van der Waals surface area contributed by atoms with E-state index in [0.717, 1.165) is 36.2 Å². The van der Waals surface area contributed by atoms with E-state index in [1.54, 1.807) is 0 Å². The number of aromatic amines is 1. The van der Waals surface area contributed by atoms with Crippen LogP contribution in [0.3, 0.4) is 0 Å². The van der Waals surface area contributed by atoms with Crippen molar-refractivity contribution in [2.45, 2.75) is 32.1 Å². The highest BCUT2D eigenvalue weighted by atomic mass is 16.1. The first kappa shape index (κ1) is 11.2. The number of hydrogen-bond acceptors (Lipinski definition) is 2. The van der Waals surface area contributed by atoms with Crippen molar-refractivity contribution in [3.05, 3.63) is 52.1 Å². The van der Waals surface area contributed by atoms with Gasteiger partial charge in [0.1, 0.15) is 5.82 Å². The van der Waals surface area contributed by atoms with Gasteiger partial charge in [-0.2, -0.15) is 0 Å². The molecule has 18 heavy (non-hydrogen) atoms. The van der Waals surface area contributed by atoms with Crippen LogP contribution in [0.5, 0.6) is 0 Å². The molecule has 3 rings (SSSR count). The molecule has 1 aromatic heterocycles. The number of nitrogens with one attached hydrogen (secondary N) is 1. The van der Waals surface area contributed by atoms with E-state index in [9.17, 15) is 4.79 Å². The molecule has 92 valence electrons. The van der Waals surface area contributed by atoms with E-state index >= 15 is 0 Å². The summed E-state index contributed by atoms with van der Waals surface area (Å²) in [6, 6.07) is 5.73. The van der Waals surface area contributed by atoms with Crippen LogP contribution in [-0.4, -0.2) is 9.97 Å². The van der Waals surface area contributed by atoms with Crippen LogP contribution in [0.2, 0.25) is 0 Å². The third-order valence-corrected chi connectivity index (χ3v) is 3.61. The first-order valence-corrected chi connectivity index (χ1v) is 6.40. The smallest absolute Gasteiger partial charge is 0.258 e. The summed E-state index contributed by atoms with van der Waals surface area (Å²) in [5.41, 5.74) is 1.88. The fourth-order valence-corrected chi connectivity index (χ4v) is 2.56. The van der Waals surface area contributed by atoms with Gasteiger partial charge in [-0.05, 0) is 37.8 Å². The molecule has 1 N–H and O–H groups in total. The third kappa shape index (κ3) is 1.86. The molecule has 1 aromatic carbocycles. The maximum atomic E-state index is 12.1. The van der Waals surface area contributed by atoms with Crippen molar-refractivity contribution in [1.82, 2.24) is 9.97 Å². The Morgan fingerprint density at radius 3 is 3.00 bits per heavy atom. The summed E-state index contributed by atoms with van der Waals surface area (Å²) >= 11 is 0. The third-order valence-electron chi connectivity index (χ3n) is 3.61. The van der Waals surface area contributed by atoms with Crippen LogP contribution in [0.25, 0.3) is 10.9 Å². The van der Waals surface area contributed by atoms with Gasteiger partial charge < -0.3 is 4.98 Å². The van der Waals surface area contributed by atoms with E-state index in [2.05, 4.69) is 22.1 Å². The highest BCUT2D eigenvalue weighted by molar-refractivity contribution is 5.80. The standard InChI is InChI=1S/C15H16N2O/c1-10-6-5-9-12-13(10)16-14(17-15(12)18)11-7-3-2-4-8-11/h2-3,5-6,9,11H,4,7-8H2,1H3,(H,16,17,18). The first-order chi connectivity index (χ1) is 8.75.